The quantitative estimate of drug-likeness (QED) is 0.942. The number of benzene rings is 1. The molecule has 2 aromatic rings. The van der Waals surface area contributed by atoms with Crippen LogP contribution >= 0.6 is 11.3 Å². The molecule has 1 unspecified atom stereocenters. The second-order valence-electron chi connectivity index (χ2n) is 5.32. The van der Waals surface area contributed by atoms with Gasteiger partial charge in [-0.2, -0.15) is 0 Å². The number of halogens is 1. The molecule has 0 aliphatic carbocycles. The molecule has 2 heterocycles. The highest BCUT2D eigenvalue weighted by atomic mass is 32.1. The molecule has 4 nitrogen and oxygen atoms in total. The third-order valence-electron chi connectivity index (χ3n) is 3.69. The number of amides is 1. The molecular formula is C16H17FN2O2S. The Hall–Kier alpha value is -1.76. The number of ether oxygens (including phenoxy) is 1. The minimum atomic E-state index is -0.401. The van der Waals surface area contributed by atoms with Crippen LogP contribution in [0.5, 0.6) is 0 Å². The van der Waals surface area contributed by atoms with Crippen molar-refractivity contribution in [2.45, 2.75) is 12.6 Å². The summed E-state index contributed by atoms with van der Waals surface area (Å²) in [5.41, 5.74) is 6.68. The minimum absolute atomic E-state index is 0.125. The van der Waals surface area contributed by atoms with Crippen LogP contribution in [0.15, 0.2) is 35.7 Å². The van der Waals surface area contributed by atoms with E-state index in [0.717, 1.165) is 23.5 Å². The van der Waals surface area contributed by atoms with Crippen molar-refractivity contribution in [2.24, 2.45) is 5.73 Å². The van der Waals surface area contributed by atoms with Gasteiger partial charge in [0.2, 0.25) is 5.91 Å². The van der Waals surface area contributed by atoms with Crippen LogP contribution in [0, 0.1) is 5.82 Å². The van der Waals surface area contributed by atoms with Gasteiger partial charge >= 0.3 is 0 Å². The summed E-state index contributed by atoms with van der Waals surface area (Å²) in [7, 11) is 0. The average Bonchev–Trinajstić information content (AvgIpc) is 2.96. The summed E-state index contributed by atoms with van der Waals surface area (Å²) >= 11 is 1.53. The summed E-state index contributed by atoms with van der Waals surface area (Å²) < 4.78 is 19.1. The maximum Gasteiger partial charge on any atom is 0.249 e. The number of carbonyl (C=O) groups is 1. The van der Waals surface area contributed by atoms with Crippen molar-refractivity contribution >= 4 is 17.2 Å². The van der Waals surface area contributed by atoms with Crippen molar-refractivity contribution < 1.29 is 13.9 Å². The van der Waals surface area contributed by atoms with Gasteiger partial charge in [-0.25, -0.2) is 4.39 Å². The van der Waals surface area contributed by atoms with Crippen LogP contribution in [0.25, 0.3) is 0 Å². The molecule has 1 aromatic carbocycles. The van der Waals surface area contributed by atoms with E-state index in [0.29, 0.717) is 18.7 Å². The van der Waals surface area contributed by atoms with E-state index in [1.54, 1.807) is 11.4 Å². The Balaban J connectivity index is 1.66. The van der Waals surface area contributed by atoms with Crippen LogP contribution in [0.1, 0.15) is 26.9 Å². The lowest BCUT2D eigenvalue weighted by atomic mass is 10.1. The highest BCUT2D eigenvalue weighted by Gasteiger charge is 2.22. The lowest BCUT2D eigenvalue weighted by Gasteiger charge is -2.32. The molecule has 116 valence electrons. The minimum Gasteiger partial charge on any atom is -0.371 e. The van der Waals surface area contributed by atoms with Gasteiger partial charge in [0.05, 0.1) is 18.3 Å². The number of nitrogens with zero attached hydrogens (tertiary/aromatic N) is 1. The molecule has 1 aliphatic heterocycles. The Morgan fingerprint density at radius 3 is 3.05 bits per heavy atom. The van der Waals surface area contributed by atoms with Gasteiger partial charge < -0.3 is 10.5 Å². The number of nitrogens with two attached hydrogens (primary N) is 1. The maximum atomic E-state index is 13.3. The summed E-state index contributed by atoms with van der Waals surface area (Å²) in [6, 6.07) is 8.37. The fourth-order valence-electron chi connectivity index (χ4n) is 2.57. The third-order valence-corrected chi connectivity index (χ3v) is 4.61. The Morgan fingerprint density at radius 1 is 1.45 bits per heavy atom. The zero-order chi connectivity index (χ0) is 15.5. The van der Waals surface area contributed by atoms with Crippen molar-refractivity contribution in [3.05, 3.63) is 57.5 Å². The molecule has 22 heavy (non-hydrogen) atoms. The molecule has 0 spiro atoms. The van der Waals surface area contributed by atoms with Gasteiger partial charge in [-0.1, -0.05) is 12.1 Å². The third kappa shape index (κ3) is 3.52. The first kappa shape index (κ1) is 15.1. The predicted octanol–water partition coefficient (Wildman–Crippen LogP) is 2.56. The smallest absolute Gasteiger partial charge is 0.249 e. The van der Waals surface area contributed by atoms with E-state index < -0.39 is 5.91 Å². The number of rotatable bonds is 4. The van der Waals surface area contributed by atoms with Crippen molar-refractivity contribution in [1.29, 1.82) is 0 Å². The molecule has 1 amide bonds. The normalized spacial score (nSPS) is 19.2. The van der Waals surface area contributed by atoms with Crippen molar-refractivity contribution in [2.75, 3.05) is 19.7 Å². The van der Waals surface area contributed by atoms with E-state index in [1.807, 2.05) is 12.1 Å². The lowest BCUT2D eigenvalue weighted by Crippen LogP contribution is -2.37. The monoisotopic (exact) mass is 320 g/mol. The molecule has 1 atom stereocenters. The van der Waals surface area contributed by atoms with E-state index in [1.165, 1.54) is 23.5 Å². The van der Waals surface area contributed by atoms with Gasteiger partial charge in [0, 0.05) is 29.9 Å². The summed E-state index contributed by atoms with van der Waals surface area (Å²) in [4.78, 5) is 14.5. The molecule has 1 aliphatic rings. The number of hydrogen-bond acceptors (Lipinski definition) is 4. The Morgan fingerprint density at radius 2 is 2.32 bits per heavy atom. The number of carbonyl (C=O) groups excluding carboxylic acids is 1. The second kappa shape index (κ2) is 6.56. The average molecular weight is 320 g/mol. The first-order valence-corrected chi connectivity index (χ1v) is 7.96. The second-order valence-corrected chi connectivity index (χ2v) is 6.31. The molecule has 0 radical (unpaired) electrons. The molecule has 3 rings (SSSR count). The highest BCUT2D eigenvalue weighted by molar-refractivity contribution is 7.10. The van der Waals surface area contributed by atoms with Crippen LogP contribution in [-0.2, 0) is 11.3 Å². The van der Waals surface area contributed by atoms with Crippen LogP contribution in [0.4, 0.5) is 4.39 Å². The van der Waals surface area contributed by atoms with Crippen molar-refractivity contribution in [1.82, 2.24) is 4.90 Å². The van der Waals surface area contributed by atoms with Gasteiger partial charge in [0.25, 0.3) is 0 Å². The molecule has 1 aromatic heterocycles. The topological polar surface area (TPSA) is 55.6 Å². The van der Waals surface area contributed by atoms with Crippen LogP contribution < -0.4 is 5.73 Å². The van der Waals surface area contributed by atoms with Crippen molar-refractivity contribution in [3.63, 3.8) is 0 Å². The highest BCUT2D eigenvalue weighted by Crippen LogP contribution is 2.25. The maximum absolute atomic E-state index is 13.3. The number of morpholine rings is 1. The van der Waals surface area contributed by atoms with E-state index in [-0.39, 0.29) is 11.9 Å². The SMILES string of the molecule is NC(=O)c1csc(CN2CCOC(c3cccc(F)c3)C2)c1. The van der Waals surface area contributed by atoms with E-state index in [9.17, 15) is 9.18 Å². The van der Waals surface area contributed by atoms with Gasteiger partial charge in [0.1, 0.15) is 5.82 Å². The summed E-state index contributed by atoms with van der Waals surface area (Å²) in [6.45, 7) is 2.87. The summed E-state index contributed by atoms with van der Waals surface area (Å²) in [5, 5.41) is 1.78. The molecule has 6 heteroatoms. The number of hydrogen-bond donors (Lipinski definition) is 1. The molecular weight excluding hydrogens is 303 g/mol. The summed E-state index contributed by atoms with van der Waals surface area (Å²) in [5.74, 6) is -0.648. The standard InChI is InChI=1S/C16H17FN2O2S/c17-13-3-1-2-11(6-13)15-9-19(4-5-21-15)8-14-7-12(10-22-14)16(18)20/h1-3,6-7,10,15H,4-5,8-9H2,(H2,18,20). The zero-order valence-electron chi connectivity index (χ0n) is 12.0. The lowest BCUT2D eigenvalue weighted by molar-refractivity contribution is -0.0327. The first-order valence-electron chi connectivity index (χ1n) is 7.08. The van der Waals surface area contributed by atoms with Gasteiger partial charge in [-0.05, 0) is 23.8 Å². The Kier molecular flexibility index (Phi) is 4.52. The van der Waals surface area contributed by atoms with E-state index in [2.05, 4.69) is 4.90 Å². The zero-order valence-corrected chi connectivity index (χ0v) is 12.8. The number of primary amides is 1. The van der Waals surface area contributed by atoms with Gasteiger partial charge in [-0.3, -0.25) is 9.69 Å². The van der Waals surface area contributed by atoms with Gasteiger partial charge in [-0.15, -0.1) is 11.3 Å². The Bertz CT molecular complexity index is 674. The first-order chi connectivity index (χ1) is 10.6. The predicted molar refractivity (Wildman–Crippen MR) is 83.2 cm³/mol. The van der Waals surface area contributed by atoms with E-state index >= 15 is 0 Å². The molecule has 1 saturated heterocycles. The Labute approximate surface area is 132 Å². The van der Waals surface area contributed by atoms with Crippen LogP contribution in [0.2, 0.25) is 0 Å². The van der Waals surface area contributed by atoms with E-state index in [4.69, 9.17) is 10.5 Å². The van der Waals surface area contributed by atoms with Crippen molar-refractivity contribution in [3.8, 4) is 0 Å². The summed E-state index contributed by atoms with van der Waals surface area (Å²) in [6.07, 6.45) is -0.125. The molecule has 2 N–H and O–H groups in total. The van der Waals surface area contributed by atoms with Gasteiger partial charge in [0.15, 0.2) is 0 Å². The van der Waals surface area contributed by atoms with Crippen LogP contribution in [-0.4, -0.2) is 30.5 Å². The molecule has 0 bridgehead atoms. The molecule has 1 fully saturated rings. The number of thiophene rings is 1. The largest absolute Gasteiger partial charge is 0.371 e. The fraction of sp³-hybridized carbons (Fsp3) is 0.312. The molecule has 0 saturated carbocycles. The fourth-order valence-corrected chi connectivity index (χ4v) is 3.48. The van der Waals surface area contributed by atoms with Crippen LogP contribution in [0.3, 0.4) is 0 Å².